The lowest BCUT2D eigenvalue weighted by molar-refractivity contribution is 0.287. The number of nitrogens with one attached hydrogen (secondary N) is 2. The molecule has 1 aromatic heterocycles. The summed E-state index contributed by atoms with van der Waals surface area (Å²) in [5.74, 6) is 4.27. The average molecular weight is 514 g/mol. The third-order valence-corrected chi connectivity index (χ3v) is 4.74. The van der Waals surface area contributed by atoms with Gasteiger partial charge in [-0.25, -0.2) is 0 Å². The molecule has 0 amide bonds. The first kappa shape index (κ1) is 23.2. The minimum absolute atomic E-state index is 0. The van der Waals surface area contributed by atoms with Gasteiger partial charge in [0.1, 0.15) is 5.82 Å². The first-order chi connectivity index (χ1) is 13.7. The molecule has 8 nitrogen and oxygen atoms in total. The monoisotopic (exact) mass is 514 g/mol. The molecular formula is C20H31IN6O2. The zero-order chi connectivity index (χ0) is 19.9. The molecule has 2 aromatic rings. The molecule has 0 aliphatic carbocycles. The SMILES string of the molecule is CCOc1ccc(C(C)NC(=NC)NCc2nnc3n2CCC3)cc1OCC.I. The number of nitrogens with zero attached hydrogens (tertiary/aromatic N) is 4. The number of aromatic nitrogens is 3. The lowest BCUT2D eigenvalue weighted by Gasteiger charge is -2.20. The van der Waals surface area contributed by atoms with Crippen LogP contribution in [0, 0.1) is 0 Å². The predicted octanol–water partition coefficient (Wildman–Crippen LogP) is 3.07. The van der Waals surface area contributed by atoms with Crippen LogP contribution in [-0.4, -0.2) is 41.0 Å². The summed E-state index contributed by atoms with van der Waals surface area (Å²) in [5.41, 5.74) is 1.10. The van der Waals surface area contributed by atoms with E-state index in [1.54, 1.807) is 7.05 Å². The molecule has 0 saturated heterocycles. The van der Waals surface area contributed by atoms with Gasteiger partial charge in [-0.3, -0.25) is 4.99 Å². The Bertz CT molecular complexity index is 823. The Hall–Kier alpha value is -2.04. The fraction of sp³-hybridized carbons (Fsp3) is 0.550. The second kappa shape index (κ2) is 11.2. The quantitative estimate of drug-likeness (QED) is 0.320. The van der Waals surface area contributed by atoms with Crippen LogP contribution >= 0.6 is 24.0 Å². The van der Waals surface area contributed by atoms with Gasteiger partial charge in [0.25, 0.3) is 0 Å². The number of guanidine groups is 1. The molecule has 1 atom stereocenters. The molecule has 2 N–H and O–H groups in total. The third kappa shape index (κ3) is 5.74. The van der Waals surface area contributed by atoms with Crippen LogP contribution in [0.2, 0.25) is 0 Å². The number of ether oxygens (including phenoxy) is 2. The van der Waals surface area contributed by atoms with Crippen molar-refractivity contribution in [1.29, 1.82) is 0 Å². The number of rotatable bonds is 8. The summed E-state index contributed by atoms with van der Waals surface area (Å²) in [4.78, 5) is 4.33. The number of fused-ring (bicyclic) bond motifs is 1. The zero-order valence-electron chi connectivity index (χ0n) is 17.6. The zero-order valence-corrected chi connectivity index (χ0v) is 19.9. The summed E-state index contributed by atoms with van der Waals surface area (Å²) in [6.45, 7) is 8.81. The number of aryl methyl sites for hydroxylation is 1. The van der Waals surface area contributed by atoms with E-state index in [0.717, 1.165) is 54.1 Å². The summed E-state index contributed by atoms with van der Waals surface area (Å²) >= 11 is 0. The largest absolute Gasteiger partial charge is 0.490 e. The number of hydrogen-bond donors (Lipinski definition) is 2. The number of aliphatic imine (C=N–C) groups is 1. The minimum Gasteiger partial charge on any atom is -0.490 e. The van der Waals surface area contributed by atoms with E-state index >= 15 is 0 Å². The highest BCUT2D eigenvalue weighted by molar-refractivity contribution is 14.0. The molecule has 0 fully saturated rings. The predicted molar refractivity (Wildman–Crippen MR) is 124 cm³/mol. The van der Waals surface area contributed by atoms with E-state index in [1.165, 1.54) is 0 Å². The normalized spacial score (nSPS) is 14.0. The Morgan fingerprint density at radius 3 is 2.69 bits per heavy atom. The van der Waals surface area contributed by atoms with E-state index < -0.39 is 0 Å². The van der Waals surface area contributed by atoms with Crippen LogP contribution in [0.15, 0.2) is 23.2 Å². The molecule has 1 aliphatic heterocycles. The second-order valence-electron chi connectivity index (χ2n) is 6.65. The Morgan fingerprint density at radius 1 is 1.21 bits per heavy atom. The smallest absolute Gasteiger partial charge is 0.191 e. The van der Waals surface area contributed by atoms with Crippen LogP contribution < -0.4 is 20.1 Å². The first-order valence-electron chi connectivity index (χ1n) is 9.93. The fourth-order valence-electron chi connectivity index (χ4n) is 3.32. The van der Waals surface area contributed by atoms with Crippen molar-refractivity contribution >= 4 is 29.9 Å². The van der Waals surface area contributed by atoms with Crippen molar-refractivity contribution in [1.82, 2.24) is 25.4 Å². The molecule has 2 heterocycles. The second-order valence-corrected chi connectivity index (χ2v) is 6.65. The molecule has 1 unspecified atom stereocenters. The van der Waals surface area contributed by atoms with E-state index in [0.29, 0.717) is 19.8 Å². The summed E-state index contributed by atoms with van der Waals surface area (Å²) in [6, 6.07) is 6.07. The van der Waals surface area contributed by atoms with Gasteiger partial charge in [0, 0.05) is 20.0 Å². The molecule has 1 aliphatic rings. The molecule has 160 valence electrons. The number of benzene rings is 1. The molecule has 3 rings (SSSR count). The number of halogens is 1. The maximum absolute atomic E-state index is 5.73. The Balaban J connectivity index is 0.00000300. The van der Waals surface area contributed by atoms with Gasteiger partial charge in [-0.15, -0.1) is 34.2 Å². The van der Waals surface area contributed by atoms with Crippen molar-refractivity contribution in [3.05, 3.63) is 35.4 Å². The van der Waals surface area contributed by atoms with Crippen LogP contribution in [0.25, 0.3) is 0 Å². The molecule has 29 heavy (non-hydrogen) atoms. The highest BCUT2D eigenvalue weighted by Crippen LogP contribution is 2.30. The topological polar surface area (TPSA) is 85.6 Å². The van der Waals surface area contributed by atoms with Gasteiger partial charge in [0.2, 0.25) is 0 Å². The van der Waals surface area contributed by atoms with Crippen LogP contribution in [0.1, 0.15) is 50.4 Å². The maximum Gasteiger partial charge on any atom is 0.191 e. The van der Waals surface area contributed by atoms with Crippen molar-refractivity contribution in [2.75, 3.05) is 20.3 Å². The molecule has 1 aromatic carbocycles. The van der Waals surface area contributed by atoms with Gasteiger partial charge >= 0.3 is 0 Å². The van der Waals surface area contributed by atoms with Crippen molar-refractivity contribution in [3.8, 4) is 11.5 Å². The standard InChI is InChI=1S/C20H30N6O2.HI/c1-5-27-16-10-9-15(12-17(16)28-6-2)14(3)23-20(21-4)22-13-19-25-24-18-8-7-11-26(18)19;/h9-10,12,14H,5-8,11,13H2,1-4H3,(H2,21,22,23);1H. The molecule has 0 saturated carbocycles. The van der Waals surface area contributed by atoms with Crippen LogP contribution in [-0.2, 0) is 19.5 Å². The molecule has 0 radical (unpaired) electrons. The van der Waals surface area contributed by atoms with Gasteiger partial charge in [0.15, 0.2) is 23.3 Å². The van der Waals surface area contributed by atoms with Gasteiger partial charge < -0.3 is 24.7 Å². The third-order valence-electron chi connectivity index (χ3n) is 4.74. The van der Waals surface area contributed by atoms with Crippen LogP contribution in [0.3, 0.4) is 0 Å². The van der Waals surface area contributed by atoms with Crippen LogP contribution in [0.4, 0.5) is 0 Å². The fourth-order valence-corrected chi connectivity index (χ4v) is 3.32. The average Bonchev–Trinajstić information content (AvgIpc) is 3.31. The van der Waals surface area contributed by atoms with Crippen molar-refractivity contribution in [2.24, 2.45) is 4.99 Å². The molecule has 9 heteroatoms. The van der Waals surface area contributed by atoms with E-state index in [-0.39, 0.29) is 30.0 Å². The maximum atomic E-state index is 5.73. The van der Waals surface area contributed by atoms with E-state index in [2.05, 4.69) is 37.3 Å². The van der Waals surface area contributed by atoms with E-state index in [1.807, 2.05) is 32.0 Å². The highest BCUT2D eigenvalue weighted by atomic mass is 127. The Labute approximate surface area is 189 Å². The number of hydrogen-bond acceptors (Lipinski definition) is 5. The lowest BCUT2D eigenvalue weighted by Crippen LogP contribution is -2.38. The van der Waals surface area contributed by atoms with E-state index in [4.69, 9.17) is 9.47 Å². The van der Waals surface area contributed by atoms with Gasteiger partial charge in [-0.1, -0.05) is 6.07 Å². The summed E-state index contributed by atoms with van der Waals surface area (Å²) in [6.07, 6.45) is 2.15. The Kier molecular flexibility index (Phi) is 8.99. The van der Waals surface area contributed by atoms with Crippen molar-refractivity contribution in [3.63, 3.8) is 0 Å². The van der Waals surface area contributed by atoms with Crippen LogP contribution in [0.5, 0.6) is 11.5 Å². The van der Waals surface area contributed by atoms with E-state index in [9.17, 15) is 0 Å². The van der Waals surface area contributed by atoms with Gasteiger partial charge in [-0.2, -0.15) is 0 Å². The summed E-state index contributed by atoms with van der Waals surface area (Å²) in [7, 11) is 1.76. The highest BCUT2D eigenvalue weighted by Gasteiger charge is 2.18. The van der Waals surface area contributed by atoms with Crippen molar-refractivity contribution in [2.45, 2.75) is 52.7 Å². The van der Waals surface area contributed by atoms with Gasteiger partial charge in [0.05, 0.1) is 25.8 Å². The molecule has 0 spiro atoms. The molecule has 0 bridgehead atoms. The minimum atomic E-state index is 0. The Morgan fingerprint density at radius 2 is 1.97 bits per heavy atom. The summed E-state index contributed by atoms with van der Waals surface area (Å²) in [5, 5.41) is 15.3. The molecular weight excluding hydrogens is 483 g/mol. The summed E-state index contributed by atoms with van der Waals surface area (Å²) < 4.78 is 13.6. The first-order valence-corrected chi connectivity index (χ1v) is 9.93. The van der Waals surface area contributed by atoms with Gasteiger partial charge in [-0.05, 0) is 44.9 Å². The van der Waals surface area contributed by atoms with Crippen molar-refractivity contribution < 1.29 is 9.47 Å². The lowest BCUT2D eigenvalue weighted by atomic mass is 10.1.